The van der Waals surface area contributed by atoms with Gasteiger partial charge in [0.15, 0.2) is 0 Å². The SMILES string of the molecule is O=C1C[C@@H](C(=O)N2CCOc3ccccc3C2)C2(CCCC2)O1. The van der Waals surface area contributed by atoms with Crippen LogP contribution >= 0.6 is 0 Å². The number of hydrogen-bond donors (Lipinski definition) is 0. The molecule has 23 heavy (non-hydrogen) atoms. The lowest BCUT2D eigenvalue weighted by molar-refractivity contribution is -0.151. The van der Waals surface area contributed by atoms with Crippen LogP contribution < -0.4 is 4.74 Å². The number of carbonyl (C=O) groups is 2. The first-order valence-corrected chi connectivity index (χ1v) is 8.39. The molecule has 5 nitrogen and oxygen atoms in total. The van der Waals surface area contributed by atoms with Crippen molar-refractivity contribution in [1.29, 1.82) is 0 Å². The van der Waals surface area contributed by atoms with Crippen LogP contribution in [0.3, 0.4) is 0 Å². The molecule has 1 aromatic carbocycles. The van der Waals surface area contributed by atoms with Gasteiger partial charge in [0.2, 0.25) is 5.91 Å². The van der Waals surface area contributed by atoms with Gasteiger partial charge in [0, 0.05) is 12.1 Å². The molecule has 1 aromatic rings. The summed E-state index contributed by atoms with van der Waals surface area (Å²) >= 11 is 0. The summed E-state index contributed by atoms with van der Waals surface area (Å²) in [6, 6.07) is 7.82. The lowest BCUT2D eigenvalue weighted by Crippen LogP contribution is -2.45. The summed E-state index contributed by atoms with van der Waals surface area (Å²) in [6.45, 7) is 1.57. The molecule has 5 heteroatoms. The third kappa shape index (κ3) is 2.48. The molecule has 2 fully saturated rings. The van der Waals surface area contributed by atoms with E-state index >= 15 is 0 Å². The van der Waals surface area contributed by atoms with Gasteiger partial charge in [0.05, 0.1) is 18.9 Å². The number of amides is 1. The lowest BCUT2D eigenvalue weighted by Gasteiger charge is -2.31. The van der Waals surface area contributed by atoms with Crippen LogP contribution in [0.15, 0.2) is 24.3 Å². The van der Waals surface area contributed by atoms with Crippen molar-refractivity contribution in [3.8, 4) is 5.75 Å². The van der Waals surface area contributed by atoms with Gasteiger partial charge >= 0.3 is 5.97 Å². The Kier molecular flexibility index (Phi) is 3.51. The summed E-state index contributed by atoms with van der Waals surface area (Å²) < 4.78 is 11.4. The van der Waals surface area contributed by atoms with Gasteiger partial charge in [-0.05, 0) is 31.7 Å². The highest BCUT2D eigenvalue weighted by Gasteiger charge is 2.54. The van der Waals surface area contributed by atoms with E-state index in [2.05, 4.69) is 0 Å². The van der Waals surface area contributed by atoms with E-state index < -0.39 is 5.60 Å². The standard InChI is InChI=1S/C18H21NO4/c20-16-11-14(18(23-16)7-3-4-8-18)17(21)19-9-10-22-15-6-2-1-5-13(15)12-19/h1-2,5-6,14H,3-4,7-12H2/t14-/m0/s1. The van der Waals surface area contributed by atoms with E-state index in [0.29, 0.717) is 19.7 Å². The van der Waals surface area contributed by atoms with Gasteiger partial charge in [-0.1, -0.05) is 18.2 Å². The van der Waals surface area contributed by atoms with Crippen LogP contribution in [0.5, 0.6) is 5.75 Å². The van der Waals surface area contributed by atoms with E-state index in [1.165, 1.54) is 0 Å². The highest BCUT2D eigenvalue weighted by Crippen LogP contribution is 2.46. The van der Waals surface area contributed by atoms with Crippen LogP contribution in [0.4, 0.5) is 0 Å². The van der Waals surface area contributed by atoms with Crippen molar-refractivity contribution in [3.05, 3.63) is 29.8 Å². The van der Waals surface area contributed by atoms with Crippen LogP contribution in [0.1, 0.15) is 37.7 Å². The lowest BCUT2D eigenvalue weighted by atomic mass is 9.84. The first-order valence-electron chi connectivity index (χ1n) is 8.39. The minimum atomic E-state index is -0.541. The molecule has 0 radical (unpaired) electrons. The fourth-order valence-corrected chi connectivity index (χ4v) is 4.16. The number of rotatable bonds is 1. The summed E-state index contributed by atoms with van der Waals surface area (Å²) in [7, 11) is 0. The van der Waals surface area contributed by atoms with Crippen LogP contribution in [-0.4, -0.2) is 35.5 Å². The van der Waals surface area contributed by atoms with Gasteiger partial charge in [-0.25, -0.2) is 0 Å². The smallest absolute Gasteiger partial charge is 0.307 e. The van der Waals surface area contributed by atoms with Crippen LogP contribution in [0.2, 0.25) is 0 Å². The maximum absolute atomic E-state index is 13.1. The maximum atomic E-state index is 13.1. The molecule has 1 amide bonds. The Morgan fingerprint density at radius 2 is 2.00 bits per heavy atom. The highest BCUT2D eigenvalue weighted by molar-refractivity contribution is 5.88. The molecule has 0 bridgehead atoms. The molecule has 4 rings (SSSR count). The molecule has 1 atom stereocenters. The first-order chi connectivity index (χ1) is 11.2. The van der Waals surface area contributed by atoms with Crippen molar-refractivity contribution >= 4 is 11.9 Å². The fourth-order valence-electron chi connectivity index (χ4n) is 4.16. The van der Waals surface area contributed by atoms with E-state index in [9.17, 15) is 9.59 Å². The molecule has 2 heterocycles. The number of fused-ring (bicyclic) bond motifs is 1. The molecule has 1 spiro atoms. The van der Waals surface area contributed by atoms with Crippen molar-refractivity contribution in [2.24, 2.45) is 5.92 Å². The number of nitrogens with zero attached hydrogens (tertiary/aromatic N) is 1. The Morgan fingerprint density at radius 1 is 1.22 bits per heavy atom. The van der Waals surface area contributed by atoms with E-state index in [4.69, 9.17) is 9.47 Å². The van der Waals surface area contributed by atoms with Crippen molar-refractivity contribution < 1.29 is 19.1 Å². The zero-order valence-electron chi connectivity index (χ0n) is 13.1. The normalized spacial score (nSPS) is 25.7. The maximum Gasteiger partial charge on any atom is 0.307 e. The van der Waals surface area contributed by atoms with E-state index in [1.54, 1.807) is 0 Å². The van der Waals surface area contributed by atoms with Crippen molar-refractivity contribution in [1.82, 2.24) is 4.90 Å². The first kappa shape index (κ1) is 14.5. The molecule has 122 valence electrons. The Morgan fingerprint density at radius 3 is 2.83 bits per heavy atom. The van der Waals surface area contributed by atoms with Crippen molar-refractivity contribution in [2.45, 2.75) is 44.2 Å². The molecule has 1 aliphatic carbocycles. The molecule has 1 saturated heterocycles. The predicted octanol–water partition coefficient (Wildman–Crippen LogP) is 2.28. The molecule has 0 aromatic heterocycles. The minimum absolute atomic E-state index is 0.0399. The van der Waals surface area contributed by atoms with Gasteiger partial charge in [0.1, 0.15) is 18.0 Å². The number of hydrogen-bond acceptors (Lipinski definition) is 4. The summed E-state index contributed by atoms with van der Waals surface area (Å²) in [6.07, 6.45) is 3.91. The number of esters is 1. The van der Waals surface area contributed by atoms with Gasteiger partial charge in [-0.15, -0.1) is 0 Å². The minimum Gasteiger partial charge on any atom is -0.491 e. The fraction of sp³-hybridized carbons (Fsp3) is 0.556. The van der Waals surface area contributed by atoms with Crippen molar-refractivity contribution in [2.75, 3.05) is 13.2 Å². The number of benzene rings is 1. The Hall–Kier alpha value is -2.04. The van der Waals surface area contributed by atoms with Crippen LogP contribution in [0.25, 0.3) is 0 Å². The third-order valence-electron chi connectivity index (χ3n) is 5.34. The van der Waals surface area contributed by atoms with E-state index in [0.717, 1.165) is 37.0 Å². The Balaban J connectivity index is 1.58. The molecule has 1 saturated carbocycles. The predicted molar refractivity (Wildman–Crippen MR) is 82.8 cm³/mol. The second-order valence-electron chi connectivity index (χ2n) is 6.72. The summed E-state index contributed by atoms with van der Waals surface area (Å²) in [5.74, 6) is 0.328. The van der Waals surface area contributed by atoms with Crippen LogP contribution in [0, 0.1) is 5.92 Å². The molecule has 2 aliphatic heterocycles. The topological polar surface area (TPSA) is 55.8 Å². The van der Waals surface area contributed by atoms with Gasteiger partial charge in [-0.2, -0.15) is 0 Å². The molecule has 0 unspecified atom stereocenters. The van der Waals surface area contributed by atoms with Gasteiger partial charge in [0.25, 0.3) is 0 Å². The quantitative estimate of drug-likeness (QED) is 0.746. The van der Waals surface area contributed by atoms with E-state index in [1.807, 2.05) is 29.2 Å². The summed E-state index contributed by atoms with van der Waals surface area (Å²) in [5.41, 5.74) is 0.477. The summed E-state index contributed by atoms with van der Waals surface area (Å²) in [4.78, 5) is 26.8. The van der Waals surface area contributed by atoms with Crippen LogP contribution in [-0.2, 0) is 20.9 Å². The monoisotopic (exact) mass is 315 g/mol. The van der Waals surface area contributed by atoms with E-state index in [-0.39, 0.29) is 24.2 Å². The third-order valence-corrected chi connectivity index (χ3v) is 5.34. The molecule has 3 aliphatic rings. The second kappa shape index (κ2) is 5.55. The second-order valence-corrected chi connectivity index (χ2v) is 6.72. The average molecular weight is 315 g/mol. The molecular weight excluding hydrogens is 294 g/mol. The molecule has 0 N–H and O–H groups in total. The Bertz CT molecular complexity index is 636. The summed E-state index contributed by atoms with van der Waals surface area (Å²) in [5, 5.41) is 0. The number of para-hydroxylation sites is 1. The highest BCUT2D eigenvalue weighted by atomic mass is 16.6. The van der Waals surface area contributed by atoms with Gasteiger partial charge in [-0.3, -0.25) is 9.59 Å². The zero-order chi connectivity index (χ0) is 15.9. The number of ether oxygens (including phenoxy) is 2. The zero-order valence-corrected chi connectivity index (χ0v) is 13.1. The number of carbonyl (C=O) groups excluding carboxylic acids is 2. The Labute approximate surface area is 135 Å². The largest absolute Gasteiger partial charge is 0.491 e. The molecular formula is C18H21NO4. The van der Waals surface area contributed by atoms with Gasteiger partial charge < -0.3 is 14.4 Å². The van der Waals surface area contributed by atoms with Crippen molar-refractivity contribution in [3.63, 3.8) is 0 Å². The average Bonchev–Trinajstić information content (AvgIpc) is 3.07.